The summed E-state index contributed by atoms with van der Waals surface area (Å²) in [5, 5.41) is 11.9. The molecule has 4 nitrogen and oxygen atoms in total. The Morgan fingerprint density at radius 3 is 2.79 bits per heavy atom. The van der Waals surface area contributed by atoms with Gasteiger partial charge in [0.1, 0.15) is 5.82 Å². The Labute approximate surface area is 78.6 Å². The summed E-state index contributed by atoms with van der Waals surface area (Å²) in [7, 11) is 0. The zero-order chi connectivity index (χ0) is 9.97. The number of halogens is 1. The molecule has 68 valence electrons. The molecule has 0 spiro atoms. The molecular formula is C9H4FN3O. The minimum atomic E-state index is -0.446. The van der Waals surface area contributed by atoms with Crippen molar-refractivity contribution in [1.29, 1.82) is 5.26 Å². The predicted octanol–water partition coefficient (Wildman–Crippen LogP) is 1.75. The van der Waals surface area contributed by atoms with Crippen molar-refractivity contribution >= 4 is 0 Å². The Morgan fingerprint density at radius 1 is 1.36 bits per heavy atom. The van der Waals surface area contributed by atoms with Gasteiger partial charge in [-0.15, -0.1) is 0 Å². The van der Waals surface area contributed by atoms with Gasteiger partial charge in [0.25, 0.3) is 0 Å². The molecule has 0 fully saturated rings. The third-order valence-electron chi connectivity index (χ3n) is 1.64. The normalized spacial score (nSPS) is 9.71. The second-order valence-electron chi connectivity index (χ2n) is 2.51. The molecule has 1 heterocycles. The van der Waals surface area contributed by atoms with E-state index in [1.54, 1.807) is 18.2 Å². The zero-order valence-electron chi connectivity index (χ0n) is 6.94. The smallest absolute Gasteiger partial charge is 0.322 e. The van der Waals surface area contributed by atoms with E-state index in [0.717, 1.165) is 0 Å². The van der Waals surface area contributed by atoms with E-state index in [1.165, 1.54) is 12.1 Å². The number of nitrogens with zero attached hydrogens (tertiary/aromatic N) is 3. The zero-order valence-corrected chi connectivity index (χ0v) is 6.94. The van der Waals surface area contributed by atoms with Gasteiger partial charge in [0.05, 0.1) is 5.56 Å². The minimum absolute atomic E-state index is 0.0830. The summed E-state index contributed by atoms with van der Waals surface area (Å²) in [6, 6.07) is 7.69. The van der Waals surface area contributed by atoms with Crippen LogP contribution in [0.3, 0.4) is 0 Å². The third-order valence-corrected chi connectivity index (χ3v) is 1.64. The molecule has 0 N–H and O–H groups in total. The molecule has 5 heteroatoms. The largest absolute Gasteiger partial charge is 0.329 e. The number of aromatic nitrogens is 2. The molecule has 0 unspecified atom stereocenters. The van der Waals surface area contributed by atoms with Crippen LogP contribution in [0.4, 0.5) is 4.39 Å². The minimum Gasteiger partial charge on any atom is -0.322 e. The fourth-order valence-corrected chi connectivity index (χ4v) is 1.02. The van der Waals surface area contributed by atoms with E-state index in [9.17, 15) is 4.39 Å². The van der Waals surface area contributed by atoms with Gasteiger partial charge in [-0.3, -0.25) is 0 Å². The van der Waals surface area contributed by atoms with Crippen molar-refractivity contribution < 1.29 is 8.91 Å². The highest BCUT2D eigenvalue weighted by atomic mass is 19.1. The molecule has 0 bridgehead atoms. The quantitative estimate of drug-likeness (QED) is 0.685. The Morgan fingerprint density at radius 2 is 2.14 bits per heavy atom. The number of hydrogen-bond donors (Lipinski definition) is 0. The van der Waals surface area contributed by atoms with E-state index in [0.29, 0.717) is 0 Å². The van der Waals surface area contributed by atoms with Gasteiger partial charge in [-0.1, -0.05) is 17.3 Å². The maximum atomic E-state index is 13.2. The molecular weight excluding hydrogens is 185 g/mol. The molecule has 0 aliphatic carbocycles. The van der Waals surface area contributed by atoms with E-state index in [4.69, 9.17) is 5.26 Å². The van der Waals surface area contributed by atoms with Crippen molar-refractivity contribution in [3.8, 4) is 17.5 Å². The van der Waals surface area contributed by atoms with Crippen molar-refractivity contribution in [2.24, 2.45) is 0 Å². The standard InChI is InChI=1S/C9H4FN3O/c10-7-4-2-1-3-6(7)9-12-8(5-11)14-13-9/h1-4H. The fraction of sp³-hybridized carbons (Fsp3) is 0. The van der Waals surface area contributed by atoms with Gasteiger partial charge in [-0.2, -0.15) is 10.2 Å². The molecule has 2 aromatic rings. The number of nitriles is 1. The molecule has 0 radical (unpaired) electrons. The highest BCUT2D eigenvalue weighted by Crippen LogP contribution is 2.18. The van der Waals surface area contributed by atoms with Gasteiger partial charge < -0.3 is 4.52 Å². The van der Waals surface area contributed by atoms with Crippen molar-refractivity contribution in [2.45, 2.75) is 0 Å². The summed E-state index contributed by atoms with van der Waals surface area (Å²) in [5.74, 6) is -0.541. The Balaban J connectivity index is 2.51. The first kappa shape index (κ1) is 8.38. The fourth-order valence-electron chi connectivity index (χ4n) is 1.02. The molecule has 1 aromatic heterocycles. The SMILES string of the molecule is N#Cc1nc(-c2ccccc2F)no1. The second kappa shape index (κ2) is 3.26. The first-order chi connectivity index (χ1) is 6.81. The van der Waals surface area contributed by atoms with Crippen molar-refractivity contribution in [3.63, 3.8) is 0 Å². The van der Waals surface area contributed by atoms with Crippen LogP contribution in [0.15, 0.2) is 28.8 Å². The molecule has 0 amide bonds. The van der Waals surface area contributed by atoms with Crippen LogP contribution >= 0.6 is 0 Å². The molecule has 2 rings (SSSR count). The molecule has 0 saturated carbocycles. The average molecular weight is 189 g/mol. The molecule has 0 atom stereocenters. The number of hydrogen-bond acceptors (Lipinski definition) is 4. The van der Waals surface area contributed by atoms with Crippen molar-refractivity contribution in [1.82, 2.24) is 10.1 Å². The van der Waals surface area contributed by atoms with Gasteiger partial charge >= 0.3 is 5.89 Å². The molecule has 0 saturated heterocycles. The van der Waals surface area contributed by atoms with E-state index in [2.05, 4.69) is 14.7 Å². The lowest BCUT2D eigenvalue weighted by molar-refractivity contribution is 0.408. The maximum absolute atomic E-state index is 13.2. The average Bonchev–Trinajstić information content (AvgIpc) is 2.67. The van der Waals surface area contributed by atoms with Crippen LogP contribution < -0.4 is 0 Å². The molecule has 1 aromatic carbocycles. The Hall–Kier alpha value is -2.22. The van der Waals surface area contributed by atoms with Crippen LogP contribution in [0.1, 0.15) is 5.89 Å². The van der Waals surface area contributed by atoms with Gasteiger partial charge in [-0.05, 0) is 12.1 Å². The van der Waals surface area contributed by atoms with Crippen LogP contribution in [0, 0.1) is 17.1 Å². The Bertz CT molecular complexity index is 501. The number of rotatable bonds is 1. The van der Waals surface area contributed by atoms with Crippen LogP contribution in [0.5, 0.6) is 0 Å². The van der Waals surface area contributed by atoms with E-state index >= 15 is 0 Å². The lowest BCUT2D eigenvalue weighted by Gasteiger charge is -1.93. The van der Waals surface area contributed by atoms with E-state index in [1.807, 2.05) is 0 Å². The summed E-state index contributed by atoms with van der Waals surface area (Å²) >= 11 is 0. The molecule has 0 aliphatic rings. The monoisotopic (exact) mass is 189 g/mol. The van der Waals surface area contributed by atoms with Crippen molar-refractivity contribution in [2.75, 3.05) is 0 Å². The lowest BCUT2D eigenvalue weighted by Crippen LogP contribution is -1.85. The first-order valence-electron chi connectivity index (χ1n) is 3.80. The first-order valence-corrected chi connectivity index (χ1v) is 3.80. The summed E-state index contributed by atoms with van der Waals surface area (Å²) < 4.78 is 17.7. The summed E-state index contributed by atoms with van der Waals surface area (Å²) in [6.45, 7) is 0. The van der Waals surface area contributed by atoms with E-state index < -0.39 is 5.82 Å². The van der Waals surface area contributed by atoms with Gasteiger partial charge in [0.15, 0.2) is 6.07 Å². The summed E-state index contributed by atoms with van der Waals surface area (Å²) in [6.07, 6.45) is 0. The van der Waals surface area contributed by atoms with Gasteiger partial charge in [0.2, 0.25) is 5.82 Å². The van der Waals surface area contributed by atoms with Crippen LogP contribution in [0.25, 0.3) is 11.4 Å². The van der Waals surface area contributed by atoms with Gasteiger partial charge in [-0.25, -0.2) is 4.39 Å². The molecule has 14 heavy (non-hydrogen) atoms. The van der Waals surface area contributed by atoms with Gasteiger partial charge in [0, 0.05) is 0 Å². The lowest BCUT2D eigenvalue weighted by atomic mass is 10.2. The summed E-state index contributed by atoms with van der Waals surface area (Å²) in [5.41, 5.74) is 0.220. The highest BCUT2D eigenvalue weighted by molar-refractivity contribution is 5.55. The third kappa shape index (κ3) is 1.33. The highest BCUT2D eigenvalue weighted by Gasteiger charge is 2.11. The maximum Gasteiger partial charge on any atom is 0.329 e. The Kier molecular flexibility index (Phi) is 1.95. The van der Waals surface area contributed by atoms with Crippen LogP contribution in [-0.4, -0.2) is 10.1 Å². The second-order valence-corrected chi connectivity index (χ2v) is 2.51. The molecule has 0 aliphatic heterocycles. The van der Waals surface area contributed by atoms with Crippen LogP contribution in [-0.2, 0) is 0 Å². The number of benzene rings is 1. The van der Waals surface area contributed by atoms with Crippen LogP contribution in [0.2, 0.25) is 0 Å². The summed E-state index contributed by atoms with van der Waals surface area (Å²) in [4.78, 5) is 3.68. The van der Waals surface area contributed by atoms with E-state index in [-0.39, 0.29) is 17.3 Å². The topological polar surface area (TPSA) is 62.7 Å². The van der Waals surface area contributed by atoms with Crippen molar-refractivity contribution in [3.05, 3.63) is 36.0 Å². The predicted molar refractivity (Wildman–Crippen MR) is 44.4 cm³/mol.